The zero-order chi connectivity index (χ0) is 20.7. The zero-order valence-electron chi connectivity index (χ0n) is 16.1. The van der Waals surface area contributed by atoms with Crippen molar-refractivity contribution in [3.8, 4) is 11.5 Å². The largest absolute Gasteiger partial charge is 0.497 e. The lowest BCUT2D eigenvalue weighted by molar-refractivity contribution is -0.118. The summed E-state index contributed by atoms with van der Waals surface area (Å²) in [5.41, 5.74) is 1.33. The number of thiazole rings is 1. The predicted octanol–water partition coefficient (Wildman–Crippen LogP) is 3.80. The molecule has 6 nitrogen and oxygen atoms in total. The Bertz CT molecular complexity index is 1140. The van der Waals surface area contributed by atoms with Crippen LogP contribution < -0.4 is 19.2 Å². The van der Waals surface area contributed by atoms with Gasteiger partial charge < -0.3 is 9.47 Å². The number of fused-ring (bicyclic) bond motifs is 1. The van der Waals surface area contributed by atoms with E-state index in [1.54, 1.807) is 33.4 Å². The highest BCUT2D eigenvalue weighted by atomic mass is 32.1. The van der Waals surface area contributed by atoms with Crippen LogP contribution in [0, 0.1) is 5.82 Å². The second-order valence-corrected chi connectivity index (χ2v) is 7.68. The van der Waals surface area contributed by atoms with Gasteiger partial charge in [0.05, 0.1) is 24.8 Å². The van der Waals surface area contributed by atoms with Gasteiger partial charge in [0, 0.05) is 31.0 Å². The van der Waals surface area contributed by atoms with Crippen molar-refractivity contribution in [3.05, 3.63) is 68.4 Å². The number of ether oxygens (including phenoxy) is 2. The summed E-state index contributed by atoms with van der Waals surface area (Å²) in [5, 5.41) is 0. The molecule has 0 N–H and O–H groups in total. The second-order valence-electron chi connectivity index (χ2n) is 6.69. The lowest BCUT2D eigenvalue weighted by atomic mass is 9.89. The minimum Gasteiger partial charge on any atom is -0.497 e. The second kappa shape index (κ2) is 7.36. The Morgan fingerprint density at radius 2 is 1.79 bits per heavy atom. The summed E-state index contributed by atoms with van der Waals surface area (Å²) in [6.45, 7) is 0. The highest BCUT2D eigenvalue weighted by Crippen LogP contribution is 2.47. The molecule has 0 saturated heterocycles. The van der Waals surface area contributed by atoms with E-state index in [0.29, 0.717) is 23.0 Å². The molecule has 1 aromatic heterocycles. The fourth-order valence-electron chi connectivity index (χ4n) is 3.64. The predicted molar refractivity (Wildman–Crippen MR) is 109 cm³/mol. The minimum absolute atomic E-state index is 0.160. The molecule has 2 heterocycles. The molecule has 2 aromatic carbocycles. The SMILES string of the molecule is COc1ccc([C@H]2CC(=O)N(c3ccc(F)cc3)c3c2sc(=O)n3C)c(OC)c1. The Balaban J connectivity index is 1.89. The number of halogens is 1. The summed E-state index contributed by atoms with van der Waals surface area (Å²) >= 11 is 1.11. The van der Waals surface area contributed by atoms with E-state index in [2.05, 4.69) is 0 Å². The van der Waals surface area contributed by atoms with E-state index in [1.807, 2.05) is 6.07 Å². The fraction of sp³-hybridized carbons (Fsp3) is 0.238. The quantitative estimate of drug-likeness (QED) is 0.652. The summed E-state index contributed by atoms with van der Waals surface area (Å²) in [4.78, 5) is 27.8. The van der Waals surface area contributed by atoms with Gasteiger partial charge in [0.1, 0.15) is 23.1 Å². The Kier molecular flexibility index (Phi) is 4.87. The molecule has 0 aliphatic carbocycles. The number of amides is 1. The van der Waals surface area contributed by atoms with Gasteiger partial charge in [0.2, 0.25) is 5.91 Å². The molecule has 0 spiro atoms. The Labute approximate surface area is 170 Å². The first kappa shape index (κ1) is 19.2. The molecule has 8 heteroatoms. The van der Waals surface area contributed by atoms with Crippen LogP contribution in [0.15, 0.2) is 47.3 Å². The number of carbonyl (C=O) groups excluding carboxylic acids is 1. The van der Waals surface area contributed by atoms with Crippen molar-refractivity contribution in [1.29, 1.82) is 0 Å². The molecule has 4 rings (SSSR count). The summed E-state index contributed by atoms with van der Waals surface area (Å²) < 4.78 is 25.6. The lowest BCUT2D eigenvalue weighted by Gasteiger charge is -2.32. The number of hydrogen-bond acceptors (Lipinski definition) is 5. The highest BCUT2D eigenvalue weighted by molar-refractivity contribution is 7.10. The molecule has 0 unspecified atom stereocenters. The van der Waals surface area contributed by atoms with Crippen molar-refractivity contribution in [2.24, 2.45) is 7.05 Å². The van der Waals surface area contributed by atoms with Gasteiger partial charge in [-0.15, -0.1) is 0 Å². The number of hydrogen-bond donors (Lipinski definition) is 0. The molecule has 0 saturated carbocycles. The number of benzene rings is 2. The van der Waals surface area contributed by atoms with Crippen molar-refractivity contribution in [2.75, 3.05) is 19.1 Å². The van der Waals surface area contributed by atoms with E-state index in [-0.39, 0.29) is 23.1 Å². The van der Waals surface area contributed by atoms with E-state index < -0.39 is 5.82 Å². The van der Waals surface area contributed by atoms with Crippen LogP contribution in [-0.4, -0.2) is 24.7 Å². The number of methoxy groups -OCH3 is 2. The lowest BCUT2D eigenvalue weighted by Crippen LogP contribution is -2.34. The summed E-state index contributed by atoms with van der Waals surface area (Å²) in [5.74, 6) is 0.840. The maximum atomic E-state index is 13.4. The molecule has 0 fully saturated rings. The van der Waals surface area contributed by atoms with Crippen LogP contribution in [0.1, 0.15) is 22.8 Å². The van der Waals surface area contributed by atoms with Gasteiger partial charge in [0.15, 0.2) is 0 Å². The van der Waals surface area contributed by atoms with Gasteiger partial charge in [-0.2, -0.15) is 0 Å². The third kappa shape index (κ3) is 3.19. The molecule has 0 bridgehead atoms. The van der Waals surface area contributed by atoms with E-state index in [1.165, 1.54) is 33.7 Å². The van der Waals surface area contributed by atoms with E-state index in [9.17, 15) is 14.0 Å². The number of carbonyl (C=O) groups is 1. The molecule has 1 amide bonds. The van der Waals surface area contributed by atoms with Crippen LogP contribution in [0.5, 0.6) is 11.5 Å². The van der Waals surface area contributed by atoms with Gasteiger partial charge in [0.25, 0.3) is 0 Å². The van der Waals surface area contributed by atoms with Gasteiger partial charge >= 0.3 is 4.87 Å². The first-order valence-electron chi connectivity index (χ1n) is 8.94. The number of anilines is 2. The number of nitrogens with zero attached hydrogens (tertiary/aromatic N) is 2. The van der Waals surface area contributed by atoms with Crippen molar-refractivity contribution < 1.29 is 18.7 Å². The van der Waals surface area contributed by atoms with Crippen LogP contribution in [0.2, 0.25) is 0 Å². The maximum absolute atomic E-state index is 13.4. The Morgan fingerprint density at radius 1 is 1.07 bits per heavy atom. The van der Waals surface area contributed by atoms with E-state index in [0.717, 1.165) is 21.8 Å². The van der Waals surface area contributed by atoms with Crippen LogP contribution in [-0.2, 0) is 11.8 Å². The zero-order valence-corrected chi connectivity index (χ0v) is 17.0. The van der Waals surface area contributed by atoms with Gasteiger partial charge in [-0.3, -0.25) is 19.1 Å². The van der Waals surface area contributed by atoms with Crippen LogP contribution in [0.25, 0.3) is 0 Å². The molecule has 150 valence electrons. The van der Waals surface area contributed by atoms with E-state index in [4.69, 9.17) is 9.47 Å². The highest BCUT2D eigenvalue weighted by Gasteiger charge is 2.38. The van der Waals surface area contributed by atoms with Crippen LogP contribution in [0.4, 0.5) is 15.9 Å². The Hall–Kier alpha value is -3.13. The molecule has 1 atom stereocenters. The summed E-state index contributed by atoms with van der Waals surface area (Å²) in [7, 11) is 4.76. The van der Waals surface area contributed by atoms with Crippen LogP contribution >= 0.6 is 11.3 Å². The molecule has 0 radical (unpaired) electrons. The normalized spacial score (nSPS) is 15.9. The first-order valence-corrected chi connectivity index (χ1v) is 9.76. The number of aromatic nitrogens is 1. The topological polar surface area (TPSA) is 60.8 Å². The molecule has 1 aliphatic rings. The molecule has 3 aromatic rings. The van der Waals surface area contributed by atoms with Gasteiger partial charge in [-0.05, 0) is 30.3 Å². The van der Waals surface area contributed by atoms with Crippen molar-refractivity contribution >= 4 is 28.7 Å². The average molecular weight is 414 g/mol. The molecular formula is C21H19FN2O4S. The number of rotatable bonds is 4. The third-order valence-corrected chi connectivity index (χ3v) is 6.20. The van der Waals surface area contributed by atoms with Crippen molar-refractivity contribution in [1.82, 2.24) is 4.57 Å². The standard InChI is InChI=1S/C21H19FN2O4S/c1-23-20-19(29-21(23)26)16(15-9-8-14(27-2)10-17(15)28-3)11-18(25)24(20)13-6-4-12(22)5-7-13/h4-10,16H,11H2,1-3H3/t16-/m1/s1. The summed E-state index contributed by atoms with van der Waals surface area (Å²) in [6.07, 6.45) is 0.160. The molecule has 29 heavy (non-hydrogen) atoms. The van der Waals surface area contributed by atoms with Gasteiger partial charge in [-0.25, -0.2) is 4.39 Å². The Morgan fingerprint density at radius 3 is 2.45 bits per heavy atom. The summed E-state index contributed by atoms with van der Waals surface area (Å²) in [6, 6.07) is 11.1. The first-order chi connectivity index (χ1) is 13.9. The average Bonchev–Trinajstić information content (AvgIpc) is 3.02. The monoisotopic (exact) mass is 414 g/mol. The maximum Gasteiger partial charge on any atom is 0.308 e. The van der Waals surface area contributed by atoms with Crippen molar-refractivity contribution in [2.45, 2.75) is 12.3 Å². The fourth-order valence-corrected chi connectivity index (χ4v) is 4.72. The van der Waals surface area contributed by atoms with E-state index >= 15 is 0 Å². The van der Waals surface area contributed by atoms with Crippen molar-refractivity contribution in [3.63, 3.8) is 0 Å². The smallest absolute Gasteiger partial charge is 0.308 e. The van der Waals surface area contributed by atoms with Crippen LogP contribution in [0.3, 0.4) is 0 Å². The minimum atomic E-state index is -0.390. The molecule has 1 aliphatic heterocycles. The third-order valence-electron chi connectivity index (χ3n) is 5.07. The van der Waals surface area contributed by atoms with Gasteiger partial charge in [-0.1, -0.05) is 17.4 Å². The molecular weight excluding hydrogens is 395 g/mol.